The molecule has 0 radical (unpaired) electrons. The number of likely N-dealkylation sites (tertiary alicyclic amines) is 1. The Hall–Kier alpha value is -3.13. The molecule has 3 heterocycles. The average molecular weight is 560 g/mol. The molecule has 0 unspecified atom stereocenters. The van der Waals surface area contributed by atoms with Gasteiger partial charge < -0.3 is 20.2 Å². The number of nitrogens with zero attached hydrogens (tertiary/aromatic N) is 4. The van der Waals surface area contributed by atoms with Crippen molar-refractivity contribution in [1.29, 1.82) is 0 Å². The number of para-hydroxylation sites is 2. The van der Waals surface area contributed by atoms with Gasteiger partial charge >= 0.3 is 0 Å². The summed E-state index contributed by atoms with van der Waals surface area (Å²) in [7, 11) is 0. The van der Waals surface area contributed by atoms with Crippen LogP contribution in [0.4, 0.5) is 22.2 Å². The van der Waals surface area contributed by atoms with Crippen molar-refractivity contribution >= 4 is 45.1 Å². The topological polar surface area (TPSA) is 64.5 Å². The van der Waals surface area contributed by atoms with E-state index in [2.05, 4.69) is 58.2 Å². The minimum atomic E-state index is -0.115. The number of hydrogen-bond acceptors (Lipinski definition) is 7. The summed E-state index contributed by atoms with van der Waals surface area (Å²) in [5.74, 6) is 0.264. The third-order valence-corrected chi connectivity index (χ3v) is 8.96. The molecule has 0 bridgehead atoms. The van der Waals surface area contributed by atoms with Gasteiger partial charge in [-0.05, 0) is 55.6 Å². The molecule has 39 heavy (non-hydrogen) atoms. The van der Waals surface area contributed by atoms with Gasteiger partial charge in [0.15, 0.2) is 0 Å². The van der Waals surface area contributed by atoms with Crippen LogP contribution < -0.4 is 10.2 Å². The molecule has 0 saturated carbocycles. The predicted octanol–water partition coefficient (Wildman–Crippen LogP) is 7.84. The van der Waals surface area contributed by atoms with E-state index in [-0.39, 0.29) is 16.6 Å². The number of hydrogen-bond donors (Lipinski definition) is 2. The van der Waals surface area contributed by atoms with E-state index < -0.39 is 0 Å². The van der Waals surface area contributed by atoms with Crippen LogP contribution in [0.15, 0.2) is 66.7 Å². The van der Waals surface area contributed by atoms with E-state index in [1.807, 2.05) is 48.5 Å². The molecule has 0 aliphatic carbocycles. The fourth-order valence-corrected chi connectivity index (χ4v) is 7.23. The Morgan fingerprint density at radius 1 is 0.974 bits per heavy atom. The lowest BCUT2D eigenvalue weighted by Crippen LogP contribution is -2.46. The van der Waals surface area contributed by atoms with Crippen LogP contribution in [0.25, 0.3) is 10.6 Å². The first-order valence-corrected chi connectivity index (χ1v) is 14.7. The second kappa shape index (κ2) is 10.1. The quantitative estimate of drug-likeness (QED) is 0.260. The van der Waals surface area contributed by atoms with Gasteiger partial charge in [0.05, 0.1) is 17.1 Å². The monoisotopic (exact) mass is 559 g/mol. The molecule has 2 N–H and O–H groups in total. The Bertz CT molecular complexity index is 1470. The highest BCUT2D eigenvalue weighted by Crippen LogP contribution is 2.56. The van der Waals surface area contributed by atoms with Crippen molar-refractivity contribution in [3.8, 4) is 16.3 Å². The second-order valence-electron chi connectivity index (χ2n) is 11.9. The number of anilines is 4. The Labute approximate surface area is 239 Å². The summed E-state index contributed by atoms with van der Waals surface area (Å²) in [5.41, 5.74) is 5.00. The van der Waals surface area contributed by atoms with E-state index in [4.69, 9.17) is 11.6 Å². The van der Waals surface area contributed by atoms with Crippen LogP contribution in [0.2, 0.25) is 5.02 Å². The summed E-state index contributed by atoms with van der Waals surface area (Å²) in [6, 6.07) is 21.8. The van der Waals surface area contributed by atoms with Gasteiger partial charge in [0.2, 0.25) is 5.13 Å². The van der Waals surface area contributed by atoms with Crippen LogP contribution in [0.1, 0.15) is 39.2 Å². The zero-order valence-electron chi connectivity index (χ0n) is 22.6. The van der Waals surface area contributed by atoms with Crippen LogP contribution in [-0.2, 0) is 5.41 Å². The maximum absolute atomic E-state index is 11.2. The van der Waals surface area contributed by atoms with Gasteiger partial charge in [-0.1, -0.05) is 86.2 Å². The summed E-state index contributed by atoms with van der Waals surface area (Å²) < 4.78 is 0. The number of nitrogens with one attached hydrogen (secondary N) is 1. The highest BCUT2D eigenvalue weighted by molar-refractivity contribution is 7.18. The summed E-state index contributed by atoms with van der Waals surface area (Å²) >= 11 is 8.43. The summed E-state index contributed by atoms with van der Waals surface area (Å²) in [4.78, 5) is 4.82. The van der Waals surface area contributed by atoms with E-state index in [1.54, 1.807) is 6.07 Å². The molecule has 0 amide bonds. The maximum Gasteiger partial charge on any atom is 0.210 e. The zero-order chi connectivity index (χ0) is 27.2. The second-order valence-corrected chi connectivity index (χ2v) is 13.3. The molecule has 1 spiro atoms. The molecule has 1 fully saturated rings. The Morgan fingerprint density at radius 3 is 2.44 bits per heavy atom. The lowest BCUT2D eigenvalue weighted by molar-refractivity contribution is 0.125. The van der Waals surface area contributed by atoms with Crippen molar-refractivity contribution < 1.29 is 5.11 Å². The molecule has 4 aromatic rings. The smallest absolute Gasteiger partial charge is 0.210 e. The number of rotatable bonds is 5. The fourth-order valence-electron chi connectivity index (χ4n) is 6.12. The van der Waals surface area contributed by atoms with Gasteiger partial charge in [0.25, 0.3) is 0 Å². The van der Waals surface area contributed by atoms with Crippen LogP contribution in [0.5, 0.6) is 5.75 Å². The van der Waals surface area contributed by atoms with Crippen molar-refractivity contribution in [1.82, 2.24) is 15.1 Å². The van der Waals surface area contributed by atoms with E-state index in [0.717, 1.165) is 82.4 Å². The highest BCUT2D eigenvalue weighted by atomic mass is 35.5. The van der Waals surface area contributed by atoms with Gasteiger partial charge in [0.1, 0.15) is 10.8 Å². The molecule has 1 aromatic heterocycles. The van der Waals surface area contributed by atoms with Gasteiger partial charge in [-0.15, -0.1) is 10.2 Å². The first kappa shape index (κ1) is 26.1. The molecule has 6 nitrogen and oxygen atoms in total. The lowest BCUT2D eigenvalue weighted by atomic mass is 9.74. The molecular weight excluding hydrogens is 526 g/mol. The van der Waals surface area contributed by atoms with E-state index in [1.165, 1.54) is 11.3 Å². The van der Waals surface area contributed by atoms with Crippen molar-refractivity contribution in [2.45, 2.75) is 39.0 Å². The van der Waals surface area contributed by atoms with Crippen LogP contribution in [0, 0.1) is 5.41 Å². The Morgan fingerprint density at radius 2 is 1.69 bits per heavy atom. The van der Waals surface area contributed by atoms with E-state index in [9.17, 15) is 5.11 Å². The average Bonchev–Trinajstić information content (AvgIpc) is 3.52. The third-order valence-electron chi connectivity index (χ3n) is 7.76. The van der Waals surface area contributed by atoms with Gasteiger partial charge in [-0.3, -0.25) is 0 Å². The van der Waals surface area contributed by atoms with E-state index >= 15 is 0 Å². The summed E-state index contributed by atoms with van der Waals surface area (Å²) in [6.07, 6.45) is 2.00. The molecular formula is C31H34ClN5OS. The summed E-state index contributed by atoms with van der Waals surface area (Å²) in [5, 5.41) is 25.8. The molecule has 2 aliphatic rings. The van der Waals surface area contributed by atoms with Gasteiger partial charge in [-0.25, -0.2) is 0 Å². The number of aromatic nitrogens is 2. The zero-order valence-corrected chi connectivity index (χ0v) is 24.2. The van der Waals surface area contributed by atoms with Crippen molar-refractivity contribution in [2.24, 2.45) is 5.41 Å². The molecule has 6 rings (SSSR count). The highest BCUT2D eigenvalue weighted by Gasteiger charge is 2.48. The number of halogens is 1. The molecule has 8 heteroatoms. The fraction of sp³-hybridized carbons (Fsp3) is 0.355. The predicted molar refractivity (Wildman–Crippen MR) is 162 cm³/mol. The number of piperidine rings is 1. The minimum Gasteiger partial charge on any atom is -0.506 e. The van der Waals surface area contributed by atoms with Crippen LogP contribution in [-0.4, -0.2) is 46.4 Å². The lowest BCUT2D eigenvalue weighted by Gasteiger charge is -2.42. The van der Waals surface area contributed by atoms with Crippen LogP contribution >= 0.6 is 22.9 Å². The number of phenolic OH excluding ortho intramolecular Hbond substituents is 1. The van der Waals surface area contributed by atoms with E-state index in [0.29, 0.717) is 0 Å². The van der Waals surface area contributed by atoms with Crippen molar-refractivity contribution in [2.75, 3.05) is 36.4 Å². The van der Waals surface area contributed by atoms with Crippen molar-refractivity contribution in [3.05, 3.63) is 77.3 Å². The molecule has 0 atom stereocenters. The number of phenols is 1. The Balaban J connectivity index is 1.33. The molecule has 2 aliphatic heterocycles. The number of aromatic hydroxyl groups is 1. The Kier molecular flexibility index (Phi) is 6.78. The third kappa shape index (κ3) is 5.11. The normalized spacial score (nSPS) is 17.0. The minimum absolute atomic E-state index is 0.115. The first-order chi connectivity index (χ1) is 18.7. The molecule has 3 aromatic carbocycles. The number of benzene rings is 3. The van der Waals surface area contributed by atoms with Crippen molar-refractivity contribution in [3.63, 3.8) is 0 Å². The molecule has 202 valence electrons. The summed E-state index contributed by atoms with van der Waals surface area (Å²) in [6.45, 7) is 10.8. The first-order valence-electron chi connectivity index (χ1n) is 13.5. The molecule has 1 saturated heterocycles. The van der Waals surface area contributed by atoms with Gasteiger partial charge in [-0.2, -0.15) is 0 Å². The maximum atomic E-state index is 11.2. The number of fused-ring (bicyclic) bond motifs is 2. The standard InChI is InChI=1S/C31H34ClN5OS/c1-30(2,3)19-36-17-15-31(16-18-36)20-37(27-25(38)14-13-22(32)26(27)31)24-12-8-7-11-23(24)33-29-35-34-28(39-29)21-9-5-4-6-10-21/h4-14,38H,15-20H2,1-3H3,(H,33,35). The largest absolute Gasteiger partial charge is 0.506 e. The van der Waals surface area contributed by atoms with Gasteiger partial charge in [0, 0.05) is 34.7 Å². The SMILES string of the molecule is CC(C)(C)CN1CCC2(CC1)CN(c1ccccc1Nc1nnc(-c3ccccc3)s1)c1c(O)ccc(Cl)c12. The van der Waals surface area contributed by atoms with Crippen LogP contribution in [0.3, 0.4) is 0 Å².